The molecule has 28 heavy (non-hydrogen) atoms. The Bertz CT molecular complexity index is 1360. The lowest BCUT2D eigenvalue weighted by molar-refractivity contribution is 0.342. The Labute approximate surface area is 169 Å². The Morgan fingerprint density at radius 3 is 2.64 bits per heavy atom. The van der Waals surface area contributed by atoms with Gasteiger partial charge in [-0.25, -0.2) is 22.4 Å². The molecular formula is C19H13BrN4O3S. The van der Waals surface area contributed by atoms with Crippen LogP contribution in [-0.4, -0.2) is 29.0 Å². The predicted octanol–water partition coefficient (Wildman–Crippen LogP) is 3.85. The molecule has 0 amide bonds. The van der Waals surface area contributed by atoms with Crippen LogP contribution < -0.4 is 4.74 Å². The Morgan fingerprint density at radius 2 is 1.96 bits per heavy atom. The second-order valence-electron chi connectivity index (χ2n) is 5.85. The summed E-state index contributed by atoms with van der Waals surface area (Å²) in [4.78, 5) is 8.58. The van der Waals surface area contributed by atoms with Crippen molar-refractivity contribution in [2.75, 3.05) is 6.61 Å². The summed E-state index contributed by atoms with van der Waals surface area (Å²) in [7, 11) is -3.95. The summed E-state index contributed by atoms with van der Waals surface area (Å²) in [6.07, 6.45) is 2.89. The third-order valence-electron chi connectivity index (χ3n) is 4.20. The van der Waals surface area contributed by atoms with Gasteiger partial charge < -0.3 is 4.74 Å². The highest BCUT2D eigenvalue weighted by Crippen LogP contribution is 2.39. The van der Waals surface area contributed by atoms with Crippen LogP contribution in [0.15, 0.2) is 58.2 Å². The van der Waals surface area contributed by atoms with Gasteiger partial charge >= 0.3 is 0 Å². The molecule has 140 valence electrons. The van der Waals surface area contributed by atoms with Crippen molar-refractivity contribution < 1.29 is 13.2 Å². The highest BCUT2D eigenvalue weighted by atomic mass is 79.9. The van der Waals surface area contributed by atoms with Gasteiger partial charge in [-0.3, -0.25) is 0 Å². The SMILES string of the molecule is CCOc1c(C#N)ncc2c1c1cc(Br)cnc1n2S(=O)(=O)c1ccccc1. The Balaban J connectivity index is 2.22. The number of halogens is 1. The zero-order chi connectivity index (χ0) is 19.9. The first-order chi connectivity index (χ1) is 13.5. The van der Waals surface area contributed by atoms with E-state index < -0.39 is 10.0 Å². The molecule has 3 aromatic heterocycles. The molecular weight excluding hydrogens is 444 g/mol. The maximum atomic E-state index is 13.4. The molecule has 0 aliphatic rings. The summed E-state index contributed by atoms with van der Waals surface area (Å²) in [5.74, 6) is 0.245. The number of fused-ring (bicyclic) bond motifs is 3. The molecule has 0 spiro atoms. The first-order valence-corrected chi connectivity index (χ1v) is 10.5. The lowest BCUT2D eigenvalue weighted by Gasteiger charge is -2.09. The number of hydrogen-bond donors (Lipinski definition) is 0. The van der Waals surface area contributed by atoms with E-state index in [0.717, 1.165) is 3.97 Å². The van der Waals surface area contributed by atoms with Gasteiger partial charge in [0.25, 0.3) is 10.0 Å². The zero-order valence-electron chi connectivity index (χ0n) is 14.6. The second-order valence-corrected chi connectivity index (χ2v) is 8.55. The van der Waals surface area contributed by atoms with E-state index in [-0.39, 0.29) is 22.0 Å². The Hall–Kier alpha value is -2.96. The van der Waals surface area contributed by atoms with E-state index in [1.54, 1.807) is 31.2 Å². The first kappa shape index (κ1) is 18.4. The number of nitrogens with zero attached hydrogens (tertiary/aromatic N) is 4. The van der Waals surface area contributed by atoms with Crippen LogP contribution in [0.25, 0.3) is 21.9 Å². The number of hydrogen-bond acceptors (Lipinski definition) is 6. The normalized spacial score (nSPS) is 11.6. The van der Waals surface area contributed by atoms with Crippen LogP contribution >= 0.6 is 15.9 Å². The molecule has 9 heteroatoms. The molecule has 0 aliphatic carbocycles. The van der Waals surface area contributed by atoms with E-state index in [4.69, 9.17) is 4.74 Å². The van der Waals surface area contributed by atoms with E-state index in [2.05, 4.69) is 25.9 Å². The molecule has 0 saturated heterocycles. The number of rotatable bonds is 4. The van der Waals surface area contributed by atoms with E-state index in [0.29, 0.717) is 27.4 Å². The molecule has 0 radical (unpaired) electrons. The van der Waals surface area contributed by atoms with E-state index in [1.807, 2.05) is 6.07 Å². The van der Waals surface area contributed by atoms with Gasteiger partial charge in [0.05, 0.1) is 28.6 Å². The predicted molar refractivity (Wildman–Crippen MR) is 108 cm³/mol. The fraction of sp³-hybridized carbons (Fsp3) is 0.105. The van der Waals surface area contributed by atoms with Crippen LogP contribution in [0, 0.1) is 11.3 Å². The fourth-order valence-electron chi connectivity index (χ4n) is 3.10. The van der Waals surface area contributed by atoms with Crippen LogP contribution in [0.5, 0.6) is 5.75 Å². The first-order valence-electron chi connectivity index (χ1n) is 8.31. The van der Waals surface area contributed by atoms with Crippen molar-refractivity contribution in [2.45, 2.75) is 11.8 Å². The summed E-state index contributed by atoms with van der Waals surface area (Å²) < 4.78 is 34.3. The topological polar surface area (TPSA) is 97.9 Å². The number of ether oxygens (including phenoxy) is 1. The maximum absolute atomic E-state index is 13.4. The molecule has 4 rings (SSSR count). The summed E-state index contributed by atoms with van der Waals surface area (Å²) in [6, 6.07) is 11.9. The summed E-state index contributed by atoms with van der Waals surface area (Å²) >= 11 is 3.38. The van der Waals surface area contributed by atoms with Crippen molar-refractivity contribution in [1.82, 2.24) is 13.9 Å². The third kappa shape index (κ3) is 2.73. The number of nitriles is 1. The van der Waals surface area contributed by atoms with Crippen molar-refractivity contribution in [3.63, 3.8) is 0 Å². The minimum atomic E-state index is -3.95. The quantitative estimate of drug-likeness (QED) is 0.462. The van der Waals surface area contributed by atoms with Gasteiger partial charge in [0.15, 0.2) is 17.1 Å². The number of benzene rings is 1. The molecule has 0 saturated carbocycles. The second kappa shape index (κ2) is 6.89. The average Bonchev–Trinajstić information content (AvgIpc) is 3.03. The smallest absolute Gasteiger partial charge is 0.269 e. The molecule has 0 N–H and O–H groups in total. The Morgan fingerprint density at radius 1 is 1.21 bits per heavy atom. The lowest BCUT2D eigenvalue weighted by atomic mass is 10.2. The zero-order valence-corrected chi connectivity index (χ0v) is 17.0. The third-order valence-corrected chi connectivity index (χ3v) is 6.36. The van der Waals surface area contributed by atoms with Gasteiger partial charge in [0.2, 0.25) is 0 Å². The summed E-state index contributed by atoms with van der Waals surface area (Å²) in [5.41, 5.74) is 0.622. The molecule has 7 nitrogen and oxygen atoms in total. The van der Waals surface area contributed by atoms with Crippen LogP contribution in [0.3, 0.4) is 0 Å². The minimum absolute atomic E-state index is 0.0884. The maximum Gasteiger partial charge on any atom is 0.269 e. The fourth-order valence-corrected chi connectivity index (χ4v) is 4.91. The highest BCUT2D eigenvalue weighted by Gasteiger charge is 2.27. The van der Waals surface area contributed by atoms with Crippen LogP contribution in [0.1, 0.15) is 12.6 Å². The van der Waals surface area contributed by atoms with Crippen molar-refractivity contribution >= 4 is 47.9 Å². The molecule has 0 aliphatic heterocycles. The molecule has 1 aromatic carbocycles. The van der Waals surface area contributed by atoms with Gasteiger partial charge in [-0.05, 0) is 41.1 Å². The van der Waals surface area contributed by atoms with Gasteiger partial charge in [0, 0.05) is 16.1 Å². The summed E-state index contributed by atoms with van der Waals surface area (Å²) in [5, 5.41) is 10.5. The van der Waals surface area contributed by atoms with Crippen molar-refractivity contribution in [2.24, 2.45) is 0 Å². The molecule has 3 heterocycles. The Kier molecular flexibility index (Phi) is 4.53. The van der Waals surface area contributed by atoms with Crippen LogP contribution in [0.2, 0.25) is 0 Å². The van der Waals surface area contributed by atoms with Gasteiger partial charge in [-0.1, -0.05) is 18.2 Å². The average molecular weight is 457 g/mol. The molecule has 0 fully saturated rings. The molecule has 4 aromatic rings. The van der Waals surface area contributed by atoms with Crippen molar-refractivity contribution in [3.8, 4) is 11.8 Å². The van der Waals surface area contributed by atoms with Crippen molar-refractivity contribution in [1.29, 1.82) is 5.26 Å². The van der Waals surface area contributed by atoms with E-state index in [1.165, 1.54) is 24.5 Å². The molecule has 0 atom stereocenters. The lowest BCUT2D eigenvalue weighted by Crippen LogP contribution is -2.13. The standard InChI is InChI=1S/C19H13BrN4O3S/c1-2-27-18-15(9-21)22-11-16-17(18)14-8-12(20)10-23-19(14)24(16)28(25,26)13-6-4-3-5-7-13/h3-8,10-11H,2H2,1H3. The van der Waals surface area contributed by atoms with Crippen LogP contribution in [-0.2, 0) is 10.0 Å². The number of aromatic nitrogens is 3. The van der Waals surface area contributed by atoms with Gasteiger partial charge in [-0.15, -0.1) is 0 Å². The van der Waals surface area contributed by atoms with Crippen molar-refractivity contribution in [3.05, 3.63) is 59.0 Å². The van der Waals surface area contributed by atoms with Crippen LogP contribution in [0.4, 0.5) is 0 Å². The molecule has 0 unspecified atom stereocenters. The monoisotopic (exact) mass is 456 g/mol. The largest absolute Gasteiger partial charge is 0.490 e. The molecule has 0 bridgehead atoms. The summed E-state index contributed by atoms with van der Waals surface area (Å²) in [6.45, 7) is 2.09. The highest BCUT2D eigenvalue weighted by molar-refractivity contribution is 9.10. The van der Waals surface area contributed by atoms with E-state index >= 15 is 0 Å². The van der Waals surface area contributed by atoms with Gasteiger partial charge in [-0.2, -0.15) is 5.26 Å². The minimum Gasteiger partial charge on any atom is -0.490 e. The van der Waals surface area contributed by atoms with E-state index in [9.17, 15) is 13.7 Å². The van der Waals surface area contributed by atoms with Gasteiger partial charge in [0.1, 0.15) is 6.07 Å². The number of pyridine rings is 2.